The van der Waals surface area contributed by atoms with E-state index in [4.69, 9.17) is 4.74 Å². The van der Waals surface area contributed by atoms with Gasteiger partial charge in [-0.1, -0.05) is 32.6 Å². The van der Waals surface area contributed by atoms with Gasteiger partial charge >= 0.3 is 0 Å². The molecular weight excluding hydrogens is 346 g/mol. The van der Waals surface area contributed by atoms with Crippen LogP contribution >= 0.6 is 0 Å². The van der Waals surface area contributed by atoms with E-state index in [1.807, 2.05) is 12.1 Å². The molecule has 0 heterocycles. The Kier molecular flexibility index (Phi) is 8.62. The molecule has 2 aromatic carbocycles. The van der Waals surface area contributed by atoms with E-state index in [0.29, 0.717) is 12.0 Å². The first kappa shape index (κ1) is 20.7. The maximum absolute atomic E-state index is 14.2. The van der Waals surface area contributed by atoms with Crippen LogP contribution in [0.1, 0.15) is 55.7 Å². The van der Waals surface area contributed by atoms with Crippen molar-refractivity contribution in [3.05, 3.63) is 64.7 Å². The standard InChI is InChI=1S/C22H26F2N2O/c1-3-4-5-6-7-8-18-13-21(23)20(22(24)14-18)16-26-25-15-17-9-11-19(27-2)12-10-17/h9-16H,3-8H2,1-2H3. The van der Waals surface area contributed by atoms with E-state index in [9.17, 15) is 8.78 Å². The first-order valence-corrected chi connectivity index (χ1v) is 9.32. The van der Waals surface area contributed by atoms with Crippen LogP contribution in [0.5, 0.6) is 5.75 Å². The number of hydrogen-bond donors (Lipinski definition) is 0. The Morgan fingerprint density at radius 3 is 2.15 bits per heavy atom. The molecule has 0 saturated carbocycles. The van der Waals surface area contributed by atoms with Crippen molar-refractivity contribution in [2.24, 2.45) is 10.2 Å². The number of aryl methyl sites for hydroxylation is 1. The van der Waals surface area contributed by atoms with E-state index in [2.05, 4.69) is 17.1 Å². The summed E-state index contributed by atoms with van der Waals surface area (Å²) >= 11 is 0. The number of methoxy groups -OCH3 is 1. The van der Waals surface area contributed by atoms with Gasteiger partial charge in [0.15, 0.2) is 0 Å². The maximum Gasteiger partial charge on any atom is 0.135 e. The Balaban J connectivity index is 1.94. The molecule has 0 saturated heterocycles. The third kappa shape index (κ3) is 6.93. The number of benzene rings is 2. The van der Waals surface area contributed by atoms with Crippen molar-refractivity contribution >= 4 is 12.4 Å². The minimum absolute atomic E-state index is 0.170. The summed E-state index contributed by atoms with van der Waals surface area (Å²) in [5.41, 5.74) is 1.32. The zero-order chi connectivity index (χ0) is 19.5. The van der Waals surface area contributed by atoms with Crippen molar-refractivity contribution in [2.45, 2.75) is 45.4 Å². The average molecular weight is 372 g/mol. The highest BCUT2D eigenvalue weighted by Crippen LogP contribution is 2.17. The van der Waals surface area contributed by atoms with E-state index in [0.717, 1.165) is 30.4 Å². The van der Waals surface area contributed by atoms with Crippen LogP contribution < -0.4 is 4.74 Å². The first-order chi connectivity index (χ1) is 13.1. The van der Waals surface area contributed by atoms with Gasteiger partial charge in [-0.05, 0) is 60.4 Å². The molecule has 0 fully saturated rings. The second-order valence-corrected chi connectivity index (χ2v) is 6.40. The van der Waals surface area contributed by atoms with Crippen molar-refractivity contribution in [1.29, 1.82) is 0 Å². The molecule has 3 nitrogen and oxygen atoms in total. The van der Waals surface area contributed by atoms with Crippen LogP contribution in [-0.4, -0.2) is 19.5 Å². The number of ether oxygens (including phenoxy) is 1. The lowest BCUT2D eigenvalue weighted by Gasteiger charge is -2.05. The molecule has 2 rings (SSSR count). The fourth-order valence-corrected chi connectivity index (χ4v) is 2.72. The maximum atomic E-state index is 14.2. The molecule has 0 spiro atoms. The van der Waals surface area contributed by atoms with Crippen LogP contribution in [0.4, 0.5) is 8.78 Å². The Labute approximate surface area is 159 Å². The molecule has 0 N–H and O–H groups in total. The van der Waals surface area contributed by atoms with Crippen molar-refractivity contribution in [3.63, 3.8) is 0 Å². The Morgan fingerprint density at radius 1 is 0.889 bits per heavy atom. The second kappa shape index (κ2) is 11.2. The van der Waals surface area contributed by atoms with E-state index >= 15 is 0 Å². The molecule has 27 heavy (non-hydrogen) atoms. The van der Waals surface area contributed by atoms with Crippen LogP contribution in [0, 0.1) is 11.6 Å². The van der Waals surface area contributed by atoms with Gasteiger partial charge in [-0.2, -0.15) is 10.2 Å². The smallest absolute Gasteiger partial charge is 0.135 e. The summed E-state index contributed by atoms with van der Waals surface area (Å²) in [6, 6.07) is 9.99. The topological polar surface area (TPSA) is 34.0 Å². The van der Waals surface area contributed by atoms with Crippen molar-refractivity contribution in [1.82, 2.24) is 0 Å². The number of nitrogens with zero attached hydrogens (tertiary/aromatic N) is 2. The molecule has 2 aromatic rings. The summed E-state index contributed by atoms with van der Waals surface area (Å²) in [5.74, 6) is -0.478. The fourth-order valence-electron chi connectivity index (χ4n) is 2.72. The summed E-state index contributed by atoms with van der Waals surface area (Å²) in [7, 11) is 1.59. The molecule has 144 valence electrons. The summed E-state index contributed by atoms with van der Waals surface area (Å²) in [6.45, 7) is 2.16. The lowest BCUT2D eigenvalue weighted by Crippen LogP contribution is -1.98. The van der Waals surface area contributed by atoms with E-state index in [-0.39, 0.29) is 5.56 Å². The highest BCUT2D eigenvalue weighted by atomic mass is 19.1. The van der Waals surface area contributed by atoms with Gasteiger partial charge < -0.3 is 4.74 Å². The highest BCUT2D eigenvalue weighted by Gasteiger charge is 2.09. The SMILES string of the molecule is CCCCCCCc1cc(F)c(C=NN=Cc2ccc(OC)cc2)c(F)c1. The molecular formula is C22H26F2N2O. The highest BCUT2D eigenvalue weighted by molar-refractivity contribution is 5.83. The van der Waals surface area contributed by atoms with Gasteiger partial charge in [0.25, 0.3) is 0 Å². The van der Waals surface area contributed by atoms with Gasteiger partial charge in [0, 0.05) is 0 Å². The molecule has 0 unspecified atom stereocenters. The molecule has 0 aliphatic rings. The third-order valence-electron chi connectivity index (χ3n) is 4.28. The van der Waals surface area contributed by atoms with Crippen molar-refractivity contribution < 1.29 is 13.5 Å². The Morgan fingerprint density at radius 2 is 1.52 bits per heavy atom. The van der Waals surface area contributed by atoms with Crippen LogP contribution in [-0.2, 0) is 6.42 Å². The van der Waals surface area contributed by atoms with Crippen LogP contribution in [0.25, 0.3) is 0 Å². The van der Waals surface area contributed by atoms with Crippen LogP contribution in [0.15, 0.2) is 46.6 Å². The van der Waals surface area contributed by atoms with Gasteiger partial charge in [-0.25, -0.2) is 8.78 Å². The van der Waals surface area contributed by atoms with E-state index in [1.165, 1.54) is 37.6 Å². The van der Waals surface area contributed by atoms with Gasteiger partial charge in [-0.15, -0.1) is 0 Å². The van der Waals surface area contributed by atoms with Crippen molar-refractivity contribution in [2.75, 3.05) is 7.11 Å². The summed E-state index contributed by atoms with van der Waals surface area (Å²) in [5, 5.41) is 7.61. The van der Waals surface area contributed by atoms with E-state index < -0.39 is 11.6 Å². The molecule has 0 aromatic heterocycles. The third-order valence-corrected chi connectivity index (χ3v) is 4.28. The summed E-state index contributed by atoms with van der Waals surface area (Å²) in [4.78, 5) is 0. The molecule has 0 amide bonds. The predicted octanol–water partition coefficient (Wildman–Crippen LogP) is 5.94. The molecule has 0 radical (unpaired) electrons. The first-order valence-electron chi connectivity index (χ1n) is 9.32. The minimum atomic E-state index is -0.609. The van der Waals surface area contributed by atoms with Gasteiger partial charge in [0.1, 0.15) is 17.4 Å². The average Bonchev–Trinajstić information content (AvgIpc) is 2.67. The largest absolute Gasteiger partial charge is 0.497 e. The number of hydrogen-bond acceptors (Lipinski definition) is 3. The summed E-state index contributed by atoms with van der Waals surface area (Å²) in [6.07, 6.45) is 8.88. The predicted molar refractivity (Wildman–Crippen MR) is 107 cm³/mol. The Hall–Kier alpha value is -2.56. The second-order valence-electron chi connectivity index (χ2n) is 6.40. The molecule has 0 atom stereocenters. The van der Waals surface area contributed by atoms with Gasteiger partial charge in [-0.3, -0.25) is 0 Å². The van der Waals surface area contributed by atoms with Crippen LogP contribution in [0.2, 0.25) is 0 Å². The molecule has 0 aliphatic heterocycles. The Bertz CT molecular complexity index is 747. The summed E-state index contributed by atoms with van der Waals surface area (Å²) < 4.78 is 33.4. The fraction of sp³-hybridized carbons (Fsp3) is 0.364. The zero-order valence-electron chi connectivity index (χ0n) is 15.9. The lowest BCUT2D eigenvalue weighted by atomic mass is 10.0. The molecule has 0 aliphatic carbocycles. The number of halogens is 2. The minimum Gasteiger partial charge on any atom is -0.497 e. The quantitative estimate of drug-likeness (QED) is 0.289. The monoisotopic (exact) mass is 372 g/mol. The number of unbranched alkanes of at least 4 members (excludes halogenated alkanes) is 4. The van der Waals surface area contributed by atoms with E-state index in [1.54, 1.807) is 19.2 Å². The molecule has 0 bridgehead atoms. The lowest BCUT2D eigenvalue weighted by molar-refractivity contribution is 0.415. The van der Waals surface area contributed by atoms with Gasteiger partial charge in [0.2, 0.25) is 0 Å². The van der Waals surface area contributed by atoms with Crippen LogP contribution in [0.3, 0.4) is 0 Å². The van der Waals surface area contributed by atoms with Gasteiger partial charge in [0.05, 0.1) is 25.1 Å². The number of rotatable bonds is 10. The molecule has 5 heteroatoms. The van der Waals surface area contributed by atoms with Crippen molar-refractivity contribution in [3.8, 4) is 5.75 Å². The zero-order valence-corrected chi connectivity index (χ0v) is 15.9. The normalized spacial score (nSPS) is 11.6.